The van der Waals surface area contributed by atoms with E-state index in [0.29, 0.717) is 16.9 Å². The number of carbonyl (C=O) groups is 1. The SMILES string of the molecule is O=Cc1cnc(OC(F)F)c(-c2cccc(Cl)c2)c1. The molecule has 98 valence electrons. The highest BCUT2D eigenvalue weighted by Gasteiger charge is 2.14. The second-order valence-corrected chi connectivity index (χ2v) is 4.06. The fourth-order valence-corrected chi connectivity index (χ4v) is 1.76. The molecule has 0 aliphatic heterocycles. The molecule has 0 radical (unpaired) electrons. The molecule has 2 aromatic rings. The molecule has 1 aromatic carbocycles. The second kappa shape index (κ2) is 5.75. The third kappa shape index (κ3) is 3.26. The van der Waals surface area contributed by atoms with Gasteiger partial charge in [-0.1, -0.05) is 23.7 Å². The van der Waals surface area contributed by atoms with Crippen LogP contribution in [0.3, 0.4) is 0 Å². The van der Waals surface area contributed by atoms with Crippen molar-refractivity contribution in [1.82, 2.24) is 4.98 Å². The van der Waals surface area contributed by atoms with Crippen molar-refractivity contribution < 1.29 is 18.3 Å². The molecule has 1 heterocycles. The predicted octanol–water partition coefficient (Wildman–Crippen LogP) is 3.82. The number of halogens is 3. The van der Waals surface area contributed by atoms with Crippen LogP contribution in [-0.4, -0.2) is 17.9 Å². The van der Waals surface area contributed by atoms with Crippen LogP contribution in [0.1, 0.15) is 10.4 Å². The average Bonchev–Trinajstić information content (AvgIpc) is 2.38. The predicted molar refractivity (Wildman–Crippen MR) is 66.7 cm³/mol. The molecule has 0 aliphatic carbocycles. The highest BCUT2D eigenvalue weighted by Crippen LogP contribution is 2.31. The zero-order chi connectivity index (χ0) is 13.8. The Morgan fingerprint density at radius 3 is 2.74 bits per heavy atom. The summed E-state index contributed by atoms with van der Waals surface area (Å²) < 4.78 is 29.0. The molecule has 0 saturated carbocycles. The highest BCUT2D eigenvalue weighted by atomic mass is 35.5. The topological polar surface area (TPSA) is 39.2 Å². The quantitative estimate of drug-likeness (QED) is 0.801. The van der Waals surface area contributed by atoms with E-state index in [2.05, 4.69) is 9.72 Å². The van der Waals surface area contributed by atoms with E-state index in [9.17, 15) is 13.6 Å². The molecule has 0 unspecified atom stereocenters. The Morgan fingerprint density at radius 2 is 2.11 bits per heavy atom. The smallest absolute Gasteiger partial charge is 0.388 e. The summed E-state index contributed by atoms with van der Waals surface area (Å²) in [5, 5.41) is 0.442. The van der Waals surface area contributed by atoms with Gasteiger partial charge in [0.15, 0.2) is 6.29 Å². The van der Waals surface area contributed by atoms with Gasteiger partial charge in [0.2, 0.25) is 5.88 Å². The molecule has 0 spiro atoms. The maximum atomic E-state index is 12.3. The van der Waals surface area contributed by atoms with Gasteiger partial charge in [-0.05, 0) is 23.8 Å². The van der Waals surface area contributed by atoms with Gasteiger partial charge in [-0.3, -0.25) is 4.79 Å². The molecule has 0 fully saturated rings. The lowest BCUT2D eigenvalue weighted by molar-refractivity contribution is -0.0524. The van der Waals surface area contributed by atoms with Crippen molar-refractivity contribution in [3.63, 3.8) is 0 Å². The molecule has 19 heavy (non-hydrogen) atoms. The summed E-state index contributed by atoms with van der Waals surface area (Å²) in [7, 11) is 0. The molecule has 1 aromatic heterocycles. The van der Waals surface area contributed by atoms with E-state index in [1.165, 1.54) is 12.3 Å². The molecule has 0 atom stereocenters. The number of rotatable bonds is 4. The number of benzene rings is 1. The summed E-state index contributed by atoms with van der Waals surface area (Å²) in [6.45, 7) is -2.99. The van der Waals surface area contributed by atoms with Crippen LogP contribution in [-0.2, 0) is 0 Å². The number of pyridine rings is 1. The summed E-state index contributed by atoms with van der Waals surface area (Å²) >= 11 is 5.85. The molecule has 0 saturated heterocycles. The number of aldehydes is 1. The fourth-order valence-electron chi connectivity index (χ4n) is 1.57. The maximum Gasteiger partial charge on any atom is 0.388 e. The first-order chi connectivity index (χ1) is 9.10. The van der Waals surface area contributed by atoms with E-state index in [-0.39, 0.29) is 17.0 Å². The van der Waals surface area contributed by atoms with Crippen LogP contribution in [0.25, 0.3) is 11.1 Å². The van der Waals surface area contributed by atoms with Gasteiger partial charge in [0.25, 0.3) is 0 Å². The van der Waals surface area contributed by atoms with Gasteiger partial charge in [-0.15, -0.1) is 0 Å². The van der Waals surface area contributed by atoms with Gasteiger partial charge in [-0.25, -0.2) is 4.98 Å². The minimum Gasteiger partial charge on any atom is -0.416 e. The molecule has 2 rings (SSSR count). The van der Waals surface area contributed by atoms with E-state index in [4.69, 9.17) is 11.6 Å². The Morgan fingerprint density at radius 1 is 1.32 bits per heavy atom. The first kappa shape index (κ1) is 13.4. The normalized spacial score (nSPS) is 10.5. The Kier molecular flexibility index (Phi) is 4.06. The molecule has 0 amide bonds. The summed E-state index contributed by atoms with van der Waals surface area (Å²) in [6, 6.07) is 7.97. The van der Waals surface area contributed by atoms with Crippen molar-refractivity contribution >= 4 is 17.9 Å². The van der Waals surface area contributed by atoms with E-state index < -0.39 is 6.61 Å². The van der Waals surface area contributed by atoms with E-state index in [1.54, 1.807) is 24.3 Å². The number of nitrogens with zero attached hydrogens (tertiary/aromatic N) is 1. The number of carbonyl (C=O) groups excluding carboxylic acids is 1. The van der Waals surface area contributed by atoms with Gasteiger partial charge in [0.1, 0.15) is 0 Å². The minimum atomic E-state index is -2.99. The molecule has 0 bridgehead atoms. The van der Waals surface area contributed by atoms with Crippen LogP contribution >= 0.6 is 11.6 Å². The van der Waals surface area contributed by atoms with Crippen LogP contribution < -0.4 is 4.74 Å². The average molecular weight is 284 g/mol. The monoisotopic (exact) mass is 283 g/mol. The summed E-state index contributed by atoms with van der Waals surface area (Å²) in [5.41, 5.74) is 1.09. The van der Waals surface area contributed by atoms with Gasteiger partial charge < -0.3 is 4.74 Å². The number of hydrogen-bond donors (Lipinski definition) is 0. The van der Waals surface area contributed by atoms with E-state index in [0.717, 1.165) is 0 Å². The lowest BCUT2D eigenvalue weighted by atomic mass is 10.1. The third-order valence-corrected chi connectivity index (χ3v) is 2.58. The van der Waals surface area contributed by atoms with Crippen molar-refractivity contribution in [2.24, 2.45) is 0 Å². The Hall–Kier alpha value is -2.01. The Labute approximate surface area is 112 Å². The van der Waals surface area contributed by atoms with Crippen molar-refractivity contribution in [1.29, 1.82) is 0 Å². The van der Waals surface area contributed by atoms with Gasteiger partial charge >= 0.3 is 6.61 Å². The maximum absolute atomic E-state index is 12.3. The summed E-state index contributed by atoms with van der Waals surface area (Å²) in [6.07, 6.45) is 1.74. The molecular formula is C13H8ClF2NO2. The second-order valence-electron chi connectivity index (χ2n) is 3.63. The van der Waals surface area contributed by atoms with Crippen molar-refractivity contribution in [2.75, 3.05) is 0 Å². The van der Waals surface area contributed by atoms with Crippen LogP contribution in [0.15, 0.2) is 36.5 Å². The van der Waals surface area contributed by atoms with Gasteiger partial charge in [-0.2, -0.15) is 8.78 Å². The molecular weight excluding hydrogens is 276 g/mol. The molecule has 3 nitrogen and oxygen atoms in total. The fraction of sp³-hybridized carbons (Fsp3) is 0.0769. The van der Waals surface area contributed by atoms with Gasteiger partial charge in [0.05, 0.1) is 0 Å². The van der Waals surface area contributed by atoms with E-state index >= 15 is 0 Å². The first-order valence-electron chi connectivity index (χ1n) is 5.26. The largest absolute Gasteiger partial charge is 0.416 e. The number of ether oxygens (including phenoxy) is 1. The van der Waals surface area contributed by atoms with Crippen LogP contribution in [0.5, 0.6) is 5.88 Å². The minimum absolute atomic E-state index is 0.247. The van der Waals surface area contributed by atoms with Crippen molar-refractivity contribution in [3.8, 4) is 17.0 Å². The molecule has 6 heteroatoms. The van der Waals surface area contributed by atoms with Crippen molar-refractivity contribution in [2.45, 2.75) is 6.61 Å². The van der Waals surface area contributed by atoms with E-state index in [1.807, 2.05) is 0 Å². The van der Waals surface area contributed by atoms with Crippen LogP contribution in [0.2, 0.25) is 5.02 Å². The number of aromatic nitrogens is 1. The third-order valence-electron chi connectivity index (χ3n) is 2.34. The highest BCUT2D eigenvalue weighted by molar-refractivity contribution is 6.30. The Balaban J connectivity index is 2.54. The lowest BCUT2D eigenvalue weighted by Crippen LogP contribution is -2.05. The first-order valence-corrected chi connectivity index (χ1v) is 5.64. The molecule has 0 N–H and O–H groups in total. The summed E-state index contributed by atoms with van der Waals surface area (Å²) in [5.74, 6) is -0.247. The van der Waals surface area contributed by atoms with Crippen LogP contribution in [0, 0.1) is 0 Å². The number of hydrogen-bond acceptors (Lipinski definition) is 3. The number of alkyl halides is 2. The zero-order valence-corrected chi connectivity index (χ0v) is 10.3. The molecule has 0 aliphatic rings. The standard InChI is InChI=1S/C13H8ClF2NO2/c14-10-3-1-2-9(5-10)11-4-8(7-18)6-17-12(11)19-13(15)16/h1-7,13H. The Bertz CT molecular complexity index is 605. The zero-order valence-electron chi connectivity index (χ0n) is 9.52. The summed E-state index contributed by atoms with van der Waals surface area (Å²) in [4.78, 5) is 14.5. The van der Waals surface area contributed by atoms with Gasteiger partial charge in [0, 0.05) is 22.3 Å². The lowest BCUT2D eigenvalue weighted by Gasteiger charge is -2.10. The van der Waals surface area contributed by atoms with Crippen molar-refractivity contribution in [3.05, 3.63) is 47.1 Å². The van der Waals surface area contributed by atoms with Crippen LogP contribution in [0.4, 0.5) is 8.78 Å².